The second kappa shape index (κ2) is 12.7. The van der Waals surface area contributed by atoms with E-state index in [1.54, 1.807) is 0 Å². The maximum absolute atomic E-state index is 12.1. The highest BCUT2D eigenvalue weighted by atomic mass is 16.9. The van der Waals surface area contributed by atoms with Gasteiger partial charge in [-0.05, 0) is 18.2 Å². The van der Waals surface area contributed by atoms with Crippen LogP contribution in [0.1, 0.15) is 12.0 Å². The molecule has 1 fully saturated rings. The lowest BCUT2D eigenvalue weighted by Crippen LogP contribution is -2.52. The van der Waals surface area contributed by atoms with E-state index in [9.17, 15) is 29.4 Å². The average Bonchev–Trinajstić information content (AvgIpc) is 3.29. The molecular formula is C20H27N3O11. The van der Waals surface area contributed by atoms with Crippen molar-refractivity contribution < 1.29 is 53.1 Å². The van der Waals surface area contributed by atoms with Gasteiger partial charge in [0.2, 0.25) is 11.8 Å². The van der Waals surface area contributed by atoms with E-state index >= 15 is 0 Å². The summed E-state index contributed by atoms with van der Waals surface area (Å²) >= 11 is 0. The van der Waals surface area contributed by atoms with Gasteiger partial charge in [-0.3, -0.25) is 9.59 Å². The standard InChI is InChI=1S/C20H27N3O11/c1-30-16-8-12(2-3-15(16)26)20(33-6-7-34-20)32-5-4-31-19(29)23-14(11-25)18(28)22-13(10-24)9-17(21)27/h2-3,8,10,13-14,25-26H,4-7,9,11H2,1H3,(H2,21,27)(H,22,28)(H,23,29)/t13-,14+/m1/s1. The maximum atomic E-state index is 12.1. The largest absolute Gasteiger partial charge is 0.504 e. The molecule has 0 spiro atoms. The number of nitrogens with one attached hydrogen (secondary N) is 2. The lowest BCUT2D eigenvalue weighted by molar-refractivity contribution is -0.344. The fourth-order valence-corrected chi connectivity index (χ4v) is 2.92. The Balaban J connectivity index is 1.86. The minimum Gasteiger partial charge on any atom is -0.504 e. The molecule has 0 radical (unpaired) electrons. The number of aliphatic hydroxyl groups excluding tert-OH is 1. The van der Waals surface area contributed by atoms with E-state index in [0.717, 1.165) is 0 Å². The summed E-state index contributed by atoms with van der Waals surface area (Å²) in [5.41, 5.74) is 5.38. The van der Waals surface area contributed by atoms with E-state index in [2.05, 4.69) is 10.6 Å². The minimum absolute atomic E-state index is 0.0871. The van der Waals surface area contributed by atoms with Crippen molar-refractivity contribution in [2.45, 2.75) is 24.5 Å². The molecule has 1 aromatic rings. The van der Waals surface area contributed by atoms with Crippen molar-refractivity contribution in [1.82, 2.24) is 10.6 Å². The predicted molar refractivity (Wildman–Crippen MR) is 111 cm³/mol. The van der Waals surface area contributed by atoms with E-state index in [1.165, 1.54) is 25.3 Å². The number of alkyl carbamates (subject to hydrolysis) is 1. The molecule has 1 aliphatic heterocycles. The van der Waals surface area contributed by atoms with Crippen LogP contribution in [0, 0.1) is 0 Å². The van der Waals surface area contributed by atoms with Gasteiger partial charge < -0.3 is 55.1 Å². The number of carbonyl (C=O) groups is 4. The average molecular weight is 485 g/mol. The summed E-state index contributed by atoms with van der Waals surface area (Å²) < 4.78 is 26.8. The number of aliphatic hydroxyl groups is 1. The quantitative estimate of drug-likeness (QED) is 0.156. The zero-order valence-electron chi connectivity index (χ0n) is 18.4. The lowest BCUT2D eigenvalue weighted by atomic mass is 10.1. The molecular weight excluding hydrogens is 458 g/mol. The van der Waals surface area contributed by atoms with Gasteiger partial charge in [0.15, 0.2) is 11.5 Å². The normalized spacial score (nSPS) is 16.2. The van der Waals surface area contributed by atoms with E-state index in [-0.39, 0.29) is 37.9 Å². The topological polar surface area (TPSA) is 205 Å². The summed E-state index contributed by atoms with van der Waals surface area (Å²) in [6, 6.07) is 1.73. The first-order valence-corrected chi connectivity index (χ1v) is 10.1. The van der Waals surface area contributed by atoms with Crippen LogP contribution in [0.4, 0.5) is 4.79 Å². The van der Waals surface area contributed by atoms with Crippen LogP contribution in [0.2, 0.25) is 0 Å². The molecule has 0 saturated carbocycles. The highest BCUT2D eigenvalue weighted by Gasteiger charge is 2.41. The second-order valence-corrected chi connectivity index (χ2v) is 6.93. The molecule has 0 aromatic heterocycles. The molecule has 14 nitrogen and oxygen atoms in total. The molecule has 1 heterocycles. The summed E-state index contributed by atoms with van der Waals surface area (Å²) in [7, 11) is 1.38. The fraction of sp³-hybridized carbons (Fsp3) is 0.500. The number of methoxy groups -OCH3 is 1. The molecule has 3 amide bonds. The zero-order valence-corrected chi connectivity index (χ0v) is 18.4. The van der Waals surface area contributed by atoms with Crippen LogP contribution in [-0.2, 0) is 39.3 Å². The number of amides is 3. The summed E-state index contributed by atoms with van der Waals surface area (Å²) in [6.45, 7) is -0.801. The minimum atomic E-state index is -1.60. The van der Waals surface area contributed by atoms with Crippen molar-refractivity contribution in [3.8, 4) is 11.5 Å². The molecule has 34 heavy (non-hydrogen) atoms. The number of carbonyl (C=O) groups excluding carboxylic acids is 4. The van der Waals surface area contributed by atoms with Crippen LogP contribution >= 0.6 is 0 Å². The number of rotatable bonds is 13. The van der Waals surface area contributed by atoms with Crippen molar-refractivity contribution in [2.24, 2.45) is 5.73 Å². The van der Waals surface area contributed by atoms with Crippen LogP contribution in [0.3, 0.4) is 0 Å². The van der Waals surface area contributed by atoms with Gasteiger partial charge in [-0.1, -0.05) is 0 Å². The lowest BCUT2D eigenvalue weighted by Gasteiger charge is -2.27. The van der Waals surface area contributed by atoms with Crippen LogP contribution in [0.5, 0.6) is 11.5 Å². The Labute approximate surface area is 194 Å². The molecule has 0 bridgehead atoms. The van der Waals surface area contributed by atoms with Crippen molar-refractivity contribution in [2.75, 3.05) is 40.1 Å². The summed E-state index contributed by atoms with van der Waals surface area (Å²) in [6.07, 6.45) is -1.18. The van der Waals surface area contributed by atoms with Crippen molar-refractivity contribution in [3.05, 3.63) is 23.8 Å². The number of phenols is 1. The zero-order chi connectivity index (χ0) is 25.1. The first-order valence-electron chi connectivity index (χ1n) is 10.1. The third kappa shape index (κ3) is 7.28. The molecule has 188 valence electrons. The van der Waals surface area contributed by atoms with Crippen LogP contribution in [-0.4, -0.2) is 86.6 Å². The van der Waals surface area contributed by atoms with Gasteiger partial charge >= 0.3 is 12.1 Å². The monoisotopic (exact) mass is 485 g/mol. The number of ether oxygens (including phenoxy) is 5. The number of hydrogen-bond acceptors (Lipinski definition) is 11. The molecule has 2 atom stereocenters. The van der Waals surface area contributed by atoms with Gasteiger partial charge in [-0.15, -0.1) is 0 Å². The van der Waals surface area contributed by atoms with Gasteiger partial charge in [0.25, 0.3) is 0 Å². The van der Waals surface area contributed by atoms with Crippen LogP contribution < -0.4 is 21.1 Å². The second-order valence-electron chi connectivity index (χ2n) is 6.93. The Kier molecular flexibility index (Phi) is 10.0. The van der Waals surface area contributed by atoms with Gasteiger partial charge in [-0.2, -0.15) is 0 Å². The van der Waals surface area contributed by atoms with Gasteiger partial charge in [0.1, 0.15) is 18.9 Å². The Morgan fingerprint density at radius 2 is 1.94 bits per heavy atom. The third-order valence-corrected chi connectivity index (χ3v) is 4.51. The molecule has 1 saturated heterocycles. The molecule has 1 aromatic carbocycles. The van der Waals surface area contributed by atoms with Crippen molar-refractivity contribution >= 4 is 24.2 Å². The third-order valence-electron chi connectivity index (χ3n) is 4.51. The number of aldehydes is 1. The number of aromatic hydroxyl groups is 1. The smallest absolute Gasteiger partial charge is 0.407 e. The summed E-state index contributed by atoms with van der Waals surface area (Å²) in [5, 5.41) is 23.4. The van der Waals surface area contributed by atoms with E-state index in [0.29, 0.717) is 11.8 Å². The molecule has 1 aliphatic rings. The molecule has 2 rings (SSSR count). The summed E-state index contributed by atoms with van der Waals surface area (Å²) in [5.74, 6) is -3.24. The molecule has 14 heteroatoms. The van der Waals surface area contributed by atoms with E-state index in [4.69, 9.17) is 29.4 Å². The molecule has 0 aliphatic carbocycles. The maximum Gasteiger partial charge on any atom is 0.407 e. The molecule has 0 unspecified atom stereocenters. The van der Waals surface area contributed by atoms with Gasteiger partial charge in [0, 0.05) is 5.56 Å². The Morgan fingerprint density at radius 3 is 2.53 bits per heavy atom. The Bertz CT molecular complexity index is 873. The van der Waals surface area contributed by atoms with Crippen LogP contribution in [0.25, 0.3) is 0 Å². The molecule has 6 N–H and O–H groups in total. The van der Waals surface area contributed by atoms with E-state index < -0.39 is 49.0 Å². The number of benzene rings is 1. The number of phenolic OH excluding ortho intramolecular Hbond substituents is 1. The first-order chi connectivity index (χ1) is 16.2. The Morgan fingerprint density at radius 1 is 1.24 bits per heavy atom. The highest BCUT2D eigenvalue weighted by Crippen LogP contribution is 2.37. The van der Waals surface area contributed by atoms with Gasteiger partial charge in [-0.25, -0.2) is 4.79 Å². The summed E-state index contributed by atoms with van der Waals surface area (Å²) in [4.78, 5) is 45.9. The van der Waals surface area contributed by atoms with Gasteiger partial charge in [0.05, 0.1) is 46.0 Å². The Hall–Kier alpha value is -3.46. The number of nitrogens with two attached hydrogens (primary N) is 1. The van der Waals surface area contributed by atoms with Crippen LogP contribution in [0.15, 0.2) is 18.2 Å². The van der Waals surface area contributed by atoms with E-state index in [1.807, 2.05) is 0 Å². The number of hydrogen-bond donors (Lipinski definition) is 5. The van der Waals surface area contributed by atoms with Crippen molar-refractivity contribution in [3.63, 3.8) is 0 Å². The van der Waals surface area contributed by atoms with Crippen molar-refractivity contribution in [1.29, 1.82) is 0 Å². The first kappa shape index (κ1) is 26.8. The highest BCUT2D eigenvalue weighted by molar-refractivity contribution is 5.89. The number of primary amides is 1. The SMILES string of the molecule is COc1cc(C2(OCCOC(=O)N[C@@H](CO)C(=O)N[C@@H](C=O)CC(N)=O)OCCO2)ccc1O. The fourth-order valence-electron chi connectivity index (χ4n) is 2.92. The predicted octanol–water partition coefficient (Wildman–Crippen LogP) is -1.78.